The second-order valence-corrected chi connectivity index (χ2v) is 6.93. The van der Waals surface area contributed by atoms with Crippen LogP contribution in [0.25, 0.3) is 0 Å². The zero-order valence-electron chi connectivity index (χ0n) is 15.6. The minimum atomic E-state index is -0.274. The molecule has 1 aromatic carbocycles. The van der Waals surface area contributed by atoms with E-state index >= 15 is 0 Å². The maximum atomic E-state index is 12.7. The van der Waals surface area contributed by atoms with Gasteiger partial charge in [-0.25, -0.2) is 4.98 Å². The van der Waals surface area contributed by atoms with Crippen molar-refractivity contribution < 1.29 is 9.59 Å². The van der Waals surface area contributed by atoms with Crippen LogP contribution < -0.4 is 10.9 Å². The van der Waals surface area contributed by atoms with Gasteiger partial charge in [-0.3, -0.25) is 14.4 Å². The lowest BCUT2D eigenvalue weighted by molar-refractivity contribution is -0.134. The van der Waals surface area contributed by atoms with E-state index in [1.807, 2.05) is 30.3 Å². The molecule has 142 valence electrons. The third-order valence-corrected chi connectivity index (χ3v) is 4.85. The zero-order valence-corrected chi connectivity index (χ0v) is 15.6. The van der Waals surface area contributed by atoms with Gasteiger partial charge in [0.05, 0.1) is 12.3 Å². The summed E-state index contributed by atoms with van der Waals surface area (Å²) in [6.45, 7) is 4.41. The van der Waals surface area contributed by atoms with Crippen LogP contribution in [0.2, 0.25) is 0 Å². The number of hydrogen-bond donors (Lipinski definition) is 2. The van der Waals surface area contributed by atoms with Gasteiger partial charge in [-0.1, -0.05) is 18.2 Å². The molecule has 0 radical (unpaired) electrons. The summed E-state index contributed by atoms with van der Waals surface area (Å²) in [4.78, 5) is 45.9. The van der Waals surface area contributed by atoms with Gasteiger partial charge in [0.1, 0.15) is 5.82 Å². The molecule has 0 saturated carbocycles. The number of benzene rings is 1. The average molecular weight is 368 g/mol. The summed E-state index contributed by atoms with van der Waals surface area (Å²) >= 11 is 0. The quantitative estimate of drug-likeness (QED) is 0.860. The summed E-state index contributed by atoms with van der Waals surface area (Å²) in [7, 11) is 0. The second kappa shape index (κ2) is 8.16. The first-order valence-electron chi connectivity index (χ1n) is 9.14. The Kier molecular flexibility index (Phi) is 5.69. The van der Waals surface area contributed by atoms with Crippen molar-refractivity contribution in [3.63, 3.8) is 0 Å². The fourth-order valence-corrected chi connectivity index (χ4v) is 3.41. The number of piperidine rings is 1. The molecule has 0 unspecified atom stereocenters. The first kappa shape index (κ1) is 18.8. The molecule has 2 aromatic rings. The SMILES string of the molecule is Cc1nc(C)c(CC(=O)N2CCC[C@H](C(=O)Nc3ccccc3)C2)c(=O)[nH]1. The third-order valence-electron chi connectivity index (χ3n) is 4.85. The minimum absolute atomic E-state index is 0.00146. The summed E-state index contributed by atoms with van der Waals surface area (Å²) < 4.78 is 0. The van der Waals surface area contributed by atoms with Gasteiger partial charge in [0.2, 0.25) is 11.8 Å². The number of aromatic nitrogens is 2. The second-order valence-electron chi connectivity index (χ2n) is 6.93. The summed E-state index contributed by atoms with van der Waals surface area (Å²) in [5.41, 5.74) is 1.43. The molecule has 0 spiro atoms. The molecule has 2 amide bonds. The van der Waals surface area contributed by atoms with Crippen LogP contribution in [0.15, 0.2) is 35.1 Å². The number of hydrogen-bond acceptors (Lipinski definition) is 4. The molecule has 27 heavy (non-hydrogen) atoms. The van der Waals surface area contributed by atoms with Crippen molar-refractivity contribution in [2.75, 3.05) is 18.4 Å². The molecule has 2 heterocycles. The van der Waals surface area contributed by atoms with E-state index in [1.54, 1.807) is 18.7 Å². The van der Waals surface area contributed by atoms with Gasteiger partial charge in [-0.2, -0.15) is 0 Å². The standard InChI is InChI=1S/C20H24N4O3/c1-13-17(20(27)22-14(2)21-13)11-18(25)24-10-6-7-15(12-24)19(26)23-16-8-4-3-5-9-16/h3-5,8-9,15H,6-7,10-12H2,1-2H3,(H,23,26)(H,21,22,27)/t15-/m0/s1. The number of aryl methyl sites for hydroxylation is 2. The highest BCUT2D eigenvalue weighted by molar-refractivity contribution is 5.93. The summed E-state index contributed by atoms with van der Waals surface area (Å²) in [6.07, 6.45) is 1.51. The number of nitrogens with zero attached hydrogens (tertiary/aromatic N) is 2. The molecule has 3 rings (SSSR count). The Morgan fingerprint density at radius 2 is 2.00 bits per heavy atom. The molecule has 0 bridgehead atoms. The lowest BCUT2D eigenvalue weighted by Crippen LogP contribution is -2.44. The van der Waals surface area contributed by atoms with E-state index in [-0.39, 0.29) is 29.7 Å². The molecule has 1 fully saturated rings. The van der Waals surface area contributed by atoms with E-state index in [1.165, 1.54) is 0 Å². The molecule has 2 N–H and O–H groups in total. The molecule has 1 atom stereocenters. The summed E-state index contributed by atoms with van der Waals surface area (Å²) in [6, 6.07) is 9.29. The molecule has 1 aromatic heterocycles. The molecule has 7 heteroatoms. The Hall–Kier alpha value is -2.96. The smallest absolute Gasteiger partial charge is 0.254 e. The zero-order chi connectivity index (χ0) is 19.4. The van der Waals surface area contributed by atoms with Crippen molar-refractivity contribution >= 4 is 17.5 Å². The van der Waals surface area contributed by atoms with E-state index in [9.17, 15) is 14.4 Å². The topological polar surface area (TPSA) is 95.2 Å². The van der Waals surface area contributed by atoms with E-state index in [0.29, 0.717) is 30.2 Å². The van der Waals surface area contributed by atoms with Crippen LogP contribution in [0.1, 0.15) is 29.9 Å². The highest BCUT2D eigenvalue weighted by atomic mass is 16.2. The van der Waals surface area contributed by atoms with E-state index in [2.05, 4.69) is 15.3 Å². The fraction of sp³-hybridized carbons (Fsp3) is 0.400. The Labute approximate surface area is 157 Å². The van der Waals surface area contributed by atoms with Gasteiger partial charge in [-0.05, 0) is 38.8 Å². The number of carbonyl (C=O) groups excluding carboxylic acids is 2. The van der Waals surface area contributed by atoms with Crippen molar-refractivity contribution in [1.82, 2.24) is 14.9 Å². The molecule has 7 nitrogen and oxygen atoms in total. The van der Waals surface area contributed by atoms with Gasteiger partial charge in [0, 0.05) is 30.0 Å². The third kappa shape index (κ3) is 4.61. The predicted molar refractivity (Wildman–Crippen MR) is 102 cm³/mol. The number of nitrogens with one attached hydrogen (secondary N) is 2. The predicted octanol–water partition coefficient (Wildman–Crippen LogP) is 1.81. The van der Waals surface area contributed by atoms with Gasteiger partial charge in [-0.15, -0.1) is 0 Å². The molecular weight excluding hydrogens is 344 g/mol. The van der Waals surface area contributed by atoms with Crippen LogP contribution in [-0.4, -0.2) is 39.8 Å². The maximum absolute atomic E-state index is 12.7. The monoisotopic (exact) mass is 368 g/mol. The van der Waals surface area contributed by atoms with E-state index < -0.39 is 0 Å². The number of carbonyl (C=O) groups is 2. The number of aromatic amines is 1. The lowest BCUT2D eigenvalue weighted by atomic mass is 9.96. The lowest BCUT2D eigenvalue weighted by Gasteiger charge is -2.32. The maximum Gasteiger partial charge on any atom is 0.254 e. The van der Waals surface area contributed by atoms with Gasteiger partial charge >= 0.3 is 0 Å². The summed E-state index contributed by atoms with van der Waals surface area (Å²) in [5.74, 6) is 0.0546. The van der Waals surface area contributed by atoms with Crippen LogP contribution in [0, 0.1) is 19.8 Å². The number of rotatable bonds is 4. The molecule has 1 aliphatic rings. The normalized spacial score (nSPS) is 16.8. The highest BCUT2D eigenvalue weighted by Gasteiger charge is 2.29. The summed E-state index contributed by atoms with van der Waals surface area (Å²) in [5, 5.41) is 2.90. The highest BCUT2D eigenvalue weighted by Crippen LogP contribution is 2.19. The van der Waals surface area contributed by atoms with Gasteiger partial charge in [0.15, 0.2) is 0 Å². The first-order chi connectivity index (χ1) is 12.9. The van der Waals surface area contributed by atoms with E-state index in [0.717, 1.165) is 18.5 Å². The number of para-hydroxylation sites is 1. The first-order valence-corrected chi connectivity index (χ1v) is 9.14. The molecular formula is C20H24N4O3. The van der Waals surface area contributed by atoms with Gasteiger partial charge in [0.25, 0.3) is 5.56 Å². The van der Waals surface area contributed by atoms with Crippen molar-refractivity contribution in [1.29, 1.82) is 0 Å². The number of likely N-dealkylation sites (tertiary alicyclic amines) is 1. The Morgan fingerprint density at radius 3 is 2.70 bits per heavy atom. The Morgan fingerprint density at radius 1 is 1.26 bits per heavy atom. The van der Waals surface area contributed by atoms with Gasteiger partial charge < -0.3 is 15.2 Å². The van der Waals surface area contributed by atoms with Crippen LogP contribution in [0.4, 0.5) is 5.69 Å². The Balaban J connectivity index is 1.64. The molecule has 1 aliphatic heterocycles. The average Bonchev–Trinajstić information content (AvgIpc) is 2.65. The fourth-order valence-electron chi connectivity index (χ4n) is 3.41. The van der Waals surface area contributed by atoms with Crippen molar-refractivity contribution in [3.8, 4) is 0 Å². The molecule has 0 aliphatic carbocycles. The number of anilines is 1. The van der Waals surface area contributed by atoms with Crippen LogP contribution in [-0.2, 0) is 16.0 Å². The van der Waals surface area contributed by atoms with Crippen molar-refractivity contribution in [2.24, 2.45) is 5.92 Å². The van der Waals surface area contributed by atoms with E-state index in [4.69, 9.17) is 0 Å². The minimum Gasteiger partial charge on any atom is -0.342 e. The van der Waals surface area contributed by atoms with Crippen molar-refractivity contribution in [3.05, 3.63) is 57.8 Å². The van der Waals surface area contributed by atoms with Crippen molar-refractivity contribution in [2.45, 2.75) is 33.1 Å². The van der Waals surface area contributed by atoms with Crippen LogP contribution >= 0.6 is 0 Å². The largest absolute Gasteiger partial charge is 0.342 e. The Bertz CT molecular complexity index is 892. The number of H-pyrrole nitrogens is 1. The van der Waals surface area contributed by atoms with Crippen LogP contribution in [0.5, 0.6) is 0 Å². The van der Waals surface area contributed by atoms with Crippen LogP contribution in [0.3, 0.4) is 0 Å². The molecule has 1 saturated heterocycles. The number of amides is 2.